The summed E-state index contributed by atoms with van der Waals surface area (Å²) in [6.45, 7) is 3.47. The van der Waals surface area contributed by atoms with Crippen LogP contribution in [0.5, 0.6) is 0 Å². The van der Waals surface area contributed by atoms with Crippen molar-refractivity contribution in [1.82, 2.24) is 15.1 Å². The van der Waals surface area contributed by atoms with Crippen molar-refractivity contribution in [2.45, 2.75) is 24.8 Å². The van der Waals surface area contributed by atoms with E-state index in [2.05, 4.69) is 10.4 Å². The van der Waals surface area contributed by atoms with Crippen molar-refractivity contribution in [3.63, 3.8) is 0 Å². The molecule has 0 radical (unpaired) electrons. The summed E-state index contributed by atoms with van der Waals surface area (Å²) in [7, 11) is 0. The molecule has 0 fully saturated rings. The number of aryl methyl sites for hydroxylation is 1. The third-order valence-corrected chi connectivity index (χ3v) is 5.11. The topological polar surface area (TPSA) is 64.0 Å². The van der Waals surface area contributed by atoms with Crippen LogP contribution in [0.25, 0.3) is 5.69 Å². The van der Waals surface area contributed by atoms with Gasteiger partial charge in [-0.05, 0) is 49.9 Å². The van der Waals surface area contributed by atoms with Crippen LogP contribution in [-0.2, 0) is 0 Å². The number of carbonyl (C=O) groups is 1. The van der Waals surface area contributed by atoms with Crippen LogP contribution < -0.4 is 10.7 Å². The Kier molecular flexibility index (Phi) is 5.94. The van der Waals surface area contributed by atoms with E-state index in [-0.39, 0.29) is 17.4 Å². The summed E-state index contributed by atoms with van der Waals surface area (Å²) in [5, 5.41) is 6.91. The Bertz CT molecular complexity index is 1060. The Morgan fingerprint density at radius 2 is 1.86 bits per heavy atom. The molecule has 1 amide bonds. The van der Waals surface area contributed by atoms with Crippen LogP contribution in [0.15, 0.2) is 64.3 Å². The average molecular weight is 397 g/mol. The summed E-state index contributed by atoms with van der Waals surface area (Å²) in [5.41, 5.74) is 0.740. The highest BCUT2D eigenvalue weighted by atomic mass is 32.2. The van der Waals surface area contributed by atoms with Gasteiger partial charge in [0.25, 0.3) is 5.91 Å². The zero-order valence-electron chi connectivity index (χ0n) is 15.8. The summed E-state index contributed by atoms with van der Waals surface area (Å²) >= 11 is 1.63. The Hall–Kier alpha value is -2.93. The Morgan fingerprint density at radius 3 is 2.50 bits per heavy atom. The molecular weight excluding hydrogens is 377 g/mol. The van der Waals surface area contributed by atoms with Crippen molar-refractivity contribution in [3.05, 3.63) is 87.6 Å². The molecule has 1 aromatic heterocycles. The first-order valence-electron chi connectivity index (χ1n) is 8.71. The normalized spacial score (nSPS) is 11.9. The van der Waals surface area contributed by atoms with Gasteiger partial charge in [-0.3, -0.25) is 9.59 Å². The fourth-order valence-electron chi connectivity index (χ4n) is 2.81. The molecule has 0 spiro atoms. The van der Waals surface area contributed by atoms with Gasteiger partial charge in [-0.2, -0.15) is 5.10 Å². The van der Waals surface area contributed by atoms with E-state index in [4.69, 9.17) is 0 Å². The largest absolute Gasteiger partial charge is 0.344 e. The Labute approximate surface area is 166 Å². The van der Waals surface area contributed by atoms with Gasteiger partial charge in [0, 0.05) is 16.7 Å². The number of aromatic nitrogens is 2. The van der Waals surface area contributed by atoms with E-state index in [1.54, 1.807) is 30.8 Å². The van der Waals surface area contributed by atoms with Gasteiger partial charge in [-0.15, -0.1) is 11.8 Å². The number of hydrogen-bond donors (Lipinski definition) is 1. The molecule has 0 aliphatic carbocycles. The van der Waals surface area contributed by atoms with Gasteiger partial charge < -0.3 is 5.32 Å². The minimum Gasteiger partial charge on any atom is -0.344 e. The van der Waals surface area contributed by atoms with E-state index in [1.165, 1.54) is 22.9 Å². The van der Waals surface area contributed by atoms with Crippen molar-refractivity contribution < 1.29 is 9.18 Å². The number of rotatable bonds is 5. The molecule has 0 saturated heterocycles. The number of benzene rings is 2. The van der Waals surface area contributed by atoms with Crippen LogP contribution >= 0.6 is 11.8 Å². The molecule has 1 heterocycles. The molecule has 3 aromatic rings. The molecule has 5 nitrogen and oxygen atoms in total. The number of nitrogens with zero attached hydrogens (tertiary/aromatic N) is 2. The second-order valence-corrected chi connectivity index (χ2v) is 7.21. The van der Waals surface area contributed by atoms with Gasteiger partial charge in [-0.1, -0.05) is 24.3 Å². The minimum atomic E-state index is -0.600. The number of halogens is 1. The third kappa shape index (κ3) is 4.14. The molecule has 0 aliphatic rings. The number of nitrogens with one attached hydrogen (secondary N) is 1. The monoisotopic (exact) mass is 397 g/mol. The smallest absolute Gasteiger partial charge is 0.276 e. The zero-order valence-corrected chi connectivity index (χ0v) is 16.6. The third-order valence-electron chi connectivity index (χ3n) is 4.37. The van der Waals surface area contributed by atoms with Gasteiger partial charge in [0.05, 0.1) is 6.04 Å². The van der Waals surface area contributed by atoms with Gasteiger partial charge in [-0.25, -0.2) is 9.07 Å². The summed E-state index contributed by atoms with van der Waals surface area (Å²) < 4.78 is 15.4. The fourth-order valence-corrected chi connectivity index (χ4v) is 3.22. The standard InChI is InChI=1S/C21H20FN3O2S/c1-13-12-19(26)20(24-25(13)18-7-5-4-6-17(18)22)21(27)23-14(2)15-8-10-16(28-3)11-9-15/h4-12,14H,1-3H3,(H,23,27). The van der Waals surface area contributed by atoms with Crippen molar-refractivity contribution >= 4 is 17.7 Å². The number of thioether (sulfide) groups is 1. The van der Waals surface area contributed by atoms with E-state index < -0.39 is 17.2 Å². The van der Waals surface area contributed by atoms with E-state index in [1.807, 2.05) is 37.4 Å². The minimum absolute atomic E-state index is 0.176. The maximum Gasteiger partial charge on any atom is 0.276 e. The zero-order chi connectivity index (χ0) is 20.3. The summed E-state index contributed by atoms with van der Waals surface area (Å²) in [6, 6.07) is 14.8. The van der Waals surface area contributed by atoms with Crippen LogP contribution in [0.2, 0.25) is 0 Å². The first-order valence-corrected chi connectivity index (χ1v) is 9.94. The quantitative estimate of drug-likeness (QED) is 0.664. The first-order chi connectivity index (χ1) is 13.4. The lowest BCUT2D eigenvalue weighted by atomic mass is 10.1. The predicted molar refractivity (Wildman–Crippen MR) is 109 cm³/mol. The molecule has 28 heavy (non-hydrogen) atoms. The molecule has 144 valence electrons. The lowest BCUT2D eigenvalue weighted by Crippen LogP contribution is -2.33. The molecule has 2 aromatic carbocycles. The molecule has 7 heteroatoms. The maximum absolute atomic E-state index is 14.1. The molecule has 1 unspecified atom stereocenters. The fraction of sp³-hybridized carbons (Fsp3) is 0.190. The summed E-state index contributed by atoms with van der Waals surface area (Å²) in [4.78, 5) is 26.1. The van der Waals surface area contributed by atoms with Crippen molar-refractivity contribution in [2.75, 3.05) is 6.26 Å². The molecule has 3 rings (SSSR count). The number of para-hydroxylation sites is 1. The highest BCUT2D eigenvalue weighted by molar-refractivity contribution is 7.98. The number of amides is 1. The second kappa shape index (κ2) is 8.39. The van der Waals surface area contributed by atoms with E-state index in [9.17, 15) is 14.0 Å². The average Bonchev–Trinajstić information content (AvgIpc) is 2.68. The molecule has 0 bridgehead atoms. The van der Waals surface area contributed by atoms with E-state index >= 15 is 0 Å². The molecule has 1 atom stereocenters. The van der Waals surface area contributed by atoms with E-state index in [0.717, 1.165) is 10.5 Å². The maximum atomic E-state index is 14.1. The first kappa shape index (κ1) is 19.8. The van der Waals surface area contributed by atoms with Gasteiger partial charge in [0.15, 0.2) is 5.69 Å². The highest BCUT2D eigenvalue weighted by Gasteiger charge is 2.19. The SMILES string of the molecule is CSc1ccc(C(C)NC(=O)c2nn(-c3ccccc3F)c(C)cc2=O)cc1. The molecular formula is C21H20FN3O2S. The summed E-state index contributed by atoms with van der Waals surface area (Å²) in [6.07, 6.45) is 1.99. The molecule has 1 N–H and O–H groups in total. The molecule has 0 saturated carbocycles. The van der Waals surface area contributed by atoms with Gasteiger partial charge in [0.1, 0.15) is 11.5 Å². The van der Waals surface area contributed by atoms with Crippen molar-refractivity contribution in [3.8, 4) is 5.69 Å². The summed E-state index contributed by atoms with van der Waals surface area (Å²) in [5.74, 6) is -1.09. The molecule has 0 aliphatic heterocycles. The van der Waals surface area contributed by atoms with Crippen LogP contribution in [0.1, 0.15) is 34.7 Å². The number of carbonyl (C=O) groups excluding carboxylic acids is 1. The van der Waals surface area contributed by atoms with Gasteiger partial charge >= 0.3 is 0 Å². The van der Waals surface area contributed by atoms with Crippen LogP contribution in [0, 0.1) is 12.7 Å². The lowest BCUT2D eigenvalue weighted by Gasteiger charge is -2.16. The van der Waals surface area contributed by atoms with Crippen LogP contribution in [0.3, 0.4) is 0 Å². The predicted octanol–water partition coefficient (Wildman–Crippen LogP) is 3.89. The van der Waals surface area contributed by atoms with Crippen molar-refractivity contribution in [2.24, 2.45) is 0 Å². The lowest BCUT2D eigenvalue weighted by molar-refractivity contribution is 0.0931. The van der Waals surface area contributed by atoms with E-state index in [0.29, 0.717) is 5.69 Å². The van der Waals surface area contributed by atoms with Crippen LogP contribution in [0.4, 0.5) is 4.39 Å². The van der Waals surface area contributed by atoms with Gasteiger partial charge in [0.2, 0.25) is 5.43 Å². The number of hydrogen-bond acceptors (Lipinski definition) is 4. The highest BCUT2D eigenvalue weighted by Crippen LogP contribution is 2.19. The van der Waals surface area contributed by atoms with Crippen LogP contribution in [-0.4, -0.2) is 21.9 Å². The van der Waals surface area contributed by atoms with Crippen molar-refractivity contribution in [1.29, 1.82) is 0 Å². The Balaban J connectivity index is 1.90. The Morgan fingerprint density at radius 1 is 1.18 bits per heavy atom. The second-order valence-electron chi connectivity index (χ2n) is 6.33.